The second kappa shape index (κ2) is 11.1. The number of aryl methyl sites for hydroxylation is 2. The van der Waals surface area contributed by atoms with Crippen LogP contribution in [0, 0.1) is 5.41 Å². The molecule has 0 aromatic heterocycles. The minimum Gasteiger partial charge on any atom is -0.494 e. The Morgan fingerprint density at radius 2 is 1.76 bits per heavy atom. The van der Waals surface area contributed by atoms with Crippen LogP contribution in [0.5, 0.6) is 5.88 Å². The summed E-state index contributed by atoms with van der Waals surface area (Å²) in [6.45, 7) is 5.71. The third-order valence-corrected chi connectivity index (χ3v) is 5.61. The van der Waals surface area contributed by atoms with E-state index in [1.165, 1.54) is 18.5 Å². The fourth-order valence-electron chi connectivity index (χ4n) is 3.38. The zero-order valence-electron chi connectivity index (χ0n) is 20.7. The molecule has 0 bridgehead atoms. The Hall–Kier alpha value is -4.48. The molecule has 0 saturated carbocycles. The van der Waals surface area contributed by atoms with Gasteiger partial charge >= 0.3 is 11.9 Å². The molecule has 0 fully saturated rings. The van der Waals surface area contributed by atoms with Gasteiger partial charge in [0, 0.05) is 23.9 Å². The lowest BCUT2D eigenvalue weighted by atomic mass is 9.96. The molecule has 0 unspecified atom stereocenters. The van der Waals surface area contributed by atoms with E-state index < -0.39 is 29.3 Å². The quantitative estimate of drug-likeness (QED) is 0.273. The van der Waals surface area contributed by atoms with Crippen molar-refractivity contribution in [2.24, 2.45) is 5.41 Å². The number of hydrogen-bond acceptors (Lipinski definition) is 7. The van der Waals surface area contributed by atoms with Gasteiger partial charge in [-0.15, -0.1) is 0 Å². The van der Waals surface area contributed by atoms with Crippen molar-refractivity contribution in [3.05, 3.63) is 47.8 Å². The number of benzene rings is 1. The van der Waals surface area contributed by atoms with Crippen LogP contribution in [-0.2, 0) is 27.3 Å². The maximum absolute atomic E-state index is 12.4. The summed E-state index contributed by atoms with van der Waals surface area (Å²) < 4.78 is 1.54. The van der Waals surface area contributed by atoms with Crippen molar-refractivity contribution in [1.82, 2.24) is 19.9 Å². The van der Waals surface area contributed by atoms with Crippen LogP contribution in [0.25, 0.3) is 11.4 Å². The average molecular weight is 512 g/mol. The van der Waals surface area contributed by atoms with Crippen LogP contribution >= 0.6 is 0 Å². The molecule has 5 N–H and O–H groups in total. The van der Waals surface area contributed by atoms with E-state index in [1.54, 1.807) is 43.5 Å². The summed E-state index contributed by atoms with van der Waals surface area (Å²) in [5.41, 5.74) is 0.879. The van der Waals surface area contributed by atoms with E-state index in [4.69, 9.17) is 5.11 Å². The smallest absolute Gasteiger partial charge is 0.326 e. The van der Waals surface area contributed by atoms with E-state index in [9.17, 15) is 29.4 Å². The van der Waals surface area contributed by atoms with Crippen molar-refractivity contribution in [3.8, 4) is 17.3 Å². The lowest BCUT2D eigenvalue weighted by Gasteiger charge is -2.16. The summed E-state index contributed by atoms with van der Waals surface area (Å²) in [6.07, 6.45) is 1.34. The van der Waals surface area contributed by atoms with E-state index in [-0.39, 0.29) is 30.2 Å². The van der Waals surface area contributed by atoms with Crippen LogP contribution in [-0.4, -0.2) is 59.6 Å². The van der Waals surface area contributed by atoms with Gasteiger partial charge in [0.05, 0.1) is 11.9 Å². The Balaban J connectivity index is 1.64. The molecular formula is C25H29N5O7. The number of aliphatic carboxylic acids is 2. The number of rotatable bonds is 10. The molecule has 1 atom stereocenters. The van der Waals surface area contributed by atoms with Gasteiger partial charge < -0.3 is 30.5 Å². The molecule has 37 heavy (non-hydrogen) atoms. The summed E-state index contributed by atoms with van der Waals surface area (Å²) in [5, 5.41) is 33.7. The zero-order chi connectivity index (χ0) is 27.3. The number of fused-ring (bicyclic) bond motifs is 1. The number of carbonyl (C=O) groups is 4. The van der Waals surface area contributed by atoms with Crippen molar-refractivity contribution >= 4 is 29.6 Å². The first kappa shape index (κ1) is 27.1. The Labute approximate surface area is 212 Å². The van der Waals surface area contributed by atoms with E-state index >= 15 is 0 Å². The van der Waals surface area contributed by atoms with Gasteiger partial charge in [0.15, 0.2) is 5.82 Å². The van der Waals surface area contributed by atoms with Crippen molar-refractivity contribution in [1.29, 1.82) is 0 Å². The van der Waals surface area contributed by atoms with Crippen LogP contribution < -0.4 is 10.6 Å². The summed E-state index contributed by atoms with van der Waals surface area (Å²) in [6, 6.07) is 6.74. The van der Waals surface area contributed by atoms with Gasteiger partial charge in [-0.05, 0) is 36.6 Å². The van der Waals surface area contributed by atoms with Gasteiger partial charge in [0.2, 0.25) is 11.8 Å². The van der Waals surface area contributed by atoms with E-state index in [1.807, 2.05) is 0 Å². The van der Waals surface area contributed by atoms with Crippen molar-refractivity contribution < 1.29 is 34.5 Å². The number of aromatic hydroxyl groups is 1. The highest BCUT2D eigenvalue weighted by Gasteiger charge is 2.24. The fourth-order valence-corrected chi connectivity index (χ4v) is 3.38. The monoisotopic (exact) mass is 511 g/mol. The van der Waals surface area contributed by atoms with Crippen LogP contribution in [0.1, 0.15) is 49.5 Å². The predicted molar refractivity (Wildman–Crippen MR) is 132 cm³/mol. The molecule has 2 aliphatic heterocycles. The first-order valence-corrected chi connectivity index (χ1v) is 11.6. The number of nitrogens with zero attached hydrogens (tertiary/aromatic N) is 3. The molecule has 0 aliphatic carbocycles. The third-order valence-electron chi connectivity index (χ3n) is 5.61. The molecule has 2 heterocycles. The average Bonchev–Trinajstić information content (AvgIpc) is 3.24. The Morgan fingerprint density at radius 3 is 2.35 bits per heavy atom. The second-order valence-corrected chi connectivity index (χ2v) is 9.59. The van der Waals surface area contributed by atoms with E-state index in [0.717, 1.165) is 5.56 Å². The first-order valence-electron chi connectivity index (χ1n) is 11.6. The number of anilines is 1. The zero-order valence-corrected chi connectivity index (χ0v) is 20.7. The maximum Gasteiger partial charge on any atom is 0.326 e. The standard InChI is InChI=1S/C25H29N5O7/c1-25(2,3)24(37)29-18-12-16-20(28-18)26-13-30(22(16)34)11-10-14-4-6-15(7-5-14)21(33)27-17(23(35)36)8-9-19(31)32/h4-7,12-13,17,34H,8-11H2,1-3H3,(H,27,33)(H,29,37)(H,31,32)(H,35,36)/t17-/m0/s1. The maximum atomic E-state index is 12.4. The molecule has 12 heteroatoms. The van der Waals surface area contributed by atoms with Crippen LogP contribution in [0.2, 0.25) is 0 Å². The predicted octanol–water partition coefficient (Wildman–Crippen LogP) is 2.36. The highest BCUT2D eigenvalue weighted by molar-refractivity contribution is 5.96. The van der Waals surface area contributed by atoms with Crippen molar-refractivity contribution in [3.63, 3.8) is 0 Å². The summed E-state index contributed by atoms with van der Waals surface area (Å²) in [4.78, 5) is 55.1. The Kier molecular flexibility index (Phi) is 8.11. The number of carboxylic acid groups (broad SMARTS) is 2. The fraction of sp³-hybridized carbons (Fsp3) is 0.360. The van der Waals surface area contributed by atoms with Crippen molar-refractivity contribution in [2.45, 2.75) is 52.6 Å². The Bertz CT molecular complexity index is 1280. The molecule has 2 aliphatic rings. The van der Waals surface area contributed by atoms with Gasteiger partial charge in [-0.1, -0.05) is 32.9 Å². The molecule has 2 amide bonds. The minimum absolute atomic E-state index is 0.0502. The van der Waals surface area contributed by atoms with Crippen LogP contribution in [0.4, 0.5) is 5.82 Å². The van der Waals surface area contributed by atoms with Gasteiger partial charge in [-0.25, -0.2) is 14.8 Å². The topological polar surface area (TPSA) is 184 Å². The lowest BCUT2D eigenvalue weighted by molar-refractivity contribution is -0.140. The summed E-state index contributed by atoms with van der Waals surface area (Å²) in [7, 11) is 0. The Morgan fingerprint density at radius 1 is 1.08 bits per heavy atom. The highest BCUT2D eigenvalue weighted by Crippen LogP contribution is 2.32. The number of nitrogens with one attached hydrogen (secondary N) is 2. The SMILES string of the molecule is CC(C)(C)C(=O)Nc1cc2c(O)n(CCc3ccc(C(=O)N[C@@H](CCC(=O)O)C(=O)O)cc3)cnc-2n1. The molecule has 0 saturated heterocycles. The normalized spacial score (nSPS) is 12.2. The second-order valence-electron chi connectivity index (χ2n) is 9.59. The molecular weight excluding hydrogens is 482 g/mol. The number of aromatic nitrogens is 3. The first-order chi connectivity index (χ1) is 17.3. The largest absolute Gasteiger partial charge is 0.494 e. The van der Waals surface area contributed by atoms with Crippen molar-refractivity contribution in [2.75, 3.05) is 5.32 Å². The molecule has 0 spiro atoms. The molecule has 1 aromatic rings. The number of carboxylic acids is 2. The molecule has 1 aromatic carbocycles. The number of hydrogen-bond donors (Lipinski definition) is 5. The van der Waals surface area contributed by atoms with Gasteiger partial charge in [0.1, 0.15) is 11.9 Å². The van der Waals surface area contributed by atoms with E-state index in [2.05, 4.69) is 20.6 Å². The van der Waals surface area contributed by atoms with E-state index in [0.29, 0.717) is 30.2 Å². The highest BCUT2D eigenvalue weighted by atomic mass is 16.4. The van der Waals surface area contributed by atoms with Gasteiger partial charge in [-0.2, -0.15) is 0 Å². The molecule has 0 radical (unpaired) electrons. The number of amides is 2. The van der Waals surface area contributed by atoms with Gasteiger partial charge in [0.25, 0.3) is 5.91 Å². The van der Waals surface area contributed by atoms with Gasteiger partial charge in [-0.3, -0.25) is 14.4 Å². The lowest BCUT2D eigenvalue weighted by Crippen LogP contribution is -2.41. The summed E-state index contributed by atoms with van der Waals surface area (Å²) in [5.74, 6) is -2.73. The molecule has 3 rings (SSSR count). The summed E-state index contributed by atoms with van der Waals surface area (Å²) >= 11 is 0. The minimum atomic E-state index is -1.31. The molecule has 196 valence electrons. The number of carbonyl (C=O) groups excluding carboxylic acids is 2. The van der Waals surface area contributed by atoms with Crippen LogP contribution in [0.3, 0.4) is 0 Å². The van der Waals surface area contributed by atoms with Crippen LogP contribution in [0.15, 0.2) is 36.7 Å². The molecule has 12 nitrogen and oxygen atoms in total. The third kappa shape index (κ3) is 7.03.